The van der Waals surface area contributed by atoms with Crippen LogP contribution in [0.25, 0.3) is 0 Å². The number of hydrogen-bond donors (Lipinski definition) is 1. The second kappa shape index (κ2) is 10.0. The van der Waals surface area contributed by atoms with Crippen molar-refractivity contribution >= 4 is 29.1 Å². The van der Waals surface area contributed by atoms with E-state index in [9.17, 15) is 14.4 Å². The molecule has 0 aliphatic carbocycles. The molecule has 0 radical (unpaired) electrons. The lowest BCUT2D eigenvalue weighted by atomic mass is 10.0. The quantitative estimate of drug-likeness (QED) is 0.574. The highest BCUT2D eigenvalue weighted by Gasteiger charge is 2.33. The van der Waals surface area contributed by atoms with Crippen molar-refractivity contribution < 1.29 is 14.4 Å². The molecule has 1 saturated heterocycles. The monoisotopic (exact) mass is 491 g/mol. The van der Waals surface area contributed by atoms with Gasteiger partial charge in [0.25, 0.3) is 11.8 Å². The molecule has 182 valence electrons. The van der Waals surface area contributed by atoms with E-state index in [2.05, 4.69) is 17.4 Å². The summed E-state index contributed by atoms with van der Waals surface area (Å²) in [7, 11) is 0. The highest BCUT2D eigenvalue weighted by atomic mass is 32.1. The Kier molecular flexibility index (Phi) is 6.68. The largest absolute Gasteiger partial charge is 0.353 e. The van der Waals surface area contributed by atoms with Gasteiger partial charge in [-0.25, -0.2) is 0 Å². The first-order valence-corrected chi connectivity index (χ1v) is 12.9. The van der Waals surface area contributed by atoms with Crippen molar-refractivity contribution in [2.75, 3.05) is 26.2 Å². The zero-order chi connectivity index (χ0) is 24.4. The van der Waals surface area contributed by atoms with E-state index in [1.807, 2.05) is 46.8 Å². The fraction of sp³-hybridized carbons (Fsp3) is 0.385. The van der Waals surface area contributed by atoms with Crippen molar-refractivity contribution in [3.63, 3.8) is 0 Å². The fourth-order valence-corrected chi connectivity index (χ4v) is 5.60. The van der Waals surface area contributed by atoms with Gasteiger partial charge in [-0.3, -0.25) is 19.1 Å². The van der Waals surface area contributed by atoms with E-state index < -0.39 is 0 Å². The Hall–Kier alpha value is -3.46. The zero-order valence-corrected chi connectivity index (χ0v) is 20.6. The first kappa shape index (κ1) is 23.3. The Morgan fingerprint density at radius 3 is 2.57 bits per heavy atom. The molecule has 0 bridgehead atoms. The van der Waals surface area contributed by atoms with Crippen LogP contribution in [0.4, 0.5) is 0 Å². The van der Waals surface area contributed by atoms with Gasteiger partial charge in [-0.05, 0) is 37.5 Å². The minimum Gasteiger partial charge on any atom is -0.353 e. The van der Waals surface area contributed by atoms with Crippen LogP contribution in [0.2, 0.25) is 0 Å². The maximum atomic E-state index is 13.4. The van der Waals surface area contributed by atoms with Gasteiger partial charge in [0.15, 0.2) is 5.69 Å². The van der Waals surface area contributed by atoms with Gasteiger partial charge in [0.05, 0.1) is 18.0 Å². The van der Waals surface area contributed by atoms with E-state index in [1.54, 1.807) is 4.90 Å². The number of carbonyl (C=O) groups excluding carboxylic acids is 3. The van der Waals surface area contributed by atoms with E-state index in [1.165, 1.54) is 16.9 Å². The van der Waals surface area contributed by atoms with Gasteiger partial charge in [0.2, 0.25) is 5.91 Å². The molecule has 8 nitrogen and oxygen atoms in total. The van der Waals surface area contributed by atoms with Crippen LogP contribution < -0.4 is 5.32 Å². The first-order chi connectivity index (χ1) is 17.0. The summed E-state index contributed by atoms with van der Waals surface area (Å²) in [6.07, 6.45) is 2.47. The molecule has 2 aliphatic rings. The summed E-state index contributed by atoms with van der Waals surface area (Å²) in [4.78, 5) is 43.7. The molecule has 9 heteroatoms. The molecule has 1 aromatic carbocycles. The highest BCUT2D eigenvalue weighted by molar-refractivity contribution is 7.13. The van der Waals surface area contributed by atoms with Gasteiger partial charge in [-0.1, -0.05) is 30.3 Å². The molecule has 1 fully saturated rings. The summed E-state index contributed by atoms with van der Waals surface area (Å²) >= 11 is 1.49. The van der Waals surface area contributed by atoms with Crippen LogP contribution in [-0.4, -0.2) is 63.5 Å². The molecule has 5 rings (SSSR count). The lowest BCUT2D eigenvalue weighted by Crippen LogP contribution is -2.50. The standard InChI is InChI=1S/C26H29N5O3S/c1-18-9-10-22(35-18)25(33)29-14-11-21-20(16-29)24(26(34)30-15-12-27-23(32)17-30)28-31(21)13-5-8-19-6-3-2-4-7-19/h2-4,6-7,9-10H,5,8,11-17H2,1H3,(H,27,32). The van der Waals surface area contributed by atoms with Crippen molar-refractivity contribution in [1.29, 1.82) is 0 Å². The SMILES string of the molecule is Cc1ccc(C(=O)N2CCc3c(c(C(=O)N4CCNC(=O)C4)nn3CCCc3ccccc3)C2)s1. The number of aryl methyl sites for hydroxylation is 3. The van der Waals surface area contributed by atoms with Crippen LogP contribution >= 0.6 is 11.3 Å². The number of benzene rings is 1. The third-order valence-electron chi connectivity index (χ3n) is 6.58. The Balaban J connectivity index is 1.39. The van der Waals surface area contributed by atoms with Crippen LogP contribution in [0.3, 0.4) is 0 Å². The molecule has 3 amide bonds. The van der Waals surface area contributed by atoms with Crippen molar-refractivity contribution in [3.05, 3.63) is 74.7 Å². The summed E-state index contributed by atoms with van der Waals surface area (Å²) in [5.41, 5.74) is 3.48. The molecule has 2 aromatic heterocycles. The number of nitrogens with zero attached hydrogens (tertiary/aromatic N) is 4. The van der Waals surface area contributed by atoms with E-state index in [-0.39, 0.29) is 24.3 Å². The molecule has 35 heavy (non-hydrogen) atoms. The number of hydrogen-bond acceptors (Lipinski definition) is 5. The Bertz CT molecular complexity index is 1250. The lowest BCUT2D eigenvalue weighted by Gasteiger charge is -2.29. The average Bonchev–Trinajstić information content (AvgIpc) is 3.47. The highest BCUT2D eigenvalue weighted by Crippen LogP contribution is 2.27. The van der Waals surface area contributed by atoms with Gasteiger partial charge in [0.1, 0.15) is 0 Å². The number of amides is 3. The summed E-state index contributed by atoms with van der Waals surface area (Å²) in [6.45, 7) is 4.55. The average molecular weight is 492 g/mol. The minimum atomic E-state index is -0.237. The Morgan fingerprint density at radius 1 is 1.03 bits per heavy atom. The molecule has 0 atom stereocenters. The summed E-state index contributed by atoms with van der Waals surface area (Å²) < 4.78 is 1.95. The molecule has 2 aliphatic heterocycles. The summed E-state index contributed by atoms with van der Waals surface area (Å²) in [5, 5.41) is 7.51. The maximum Gasteiger partial charge on any atom is 0.275 e. The minimum absolute atomic E-state index is 0.0127. The normalized spacial score (nSPS) is 15.6. The Labute approximate surface area is 208 Å². The number of piperazine rings is 1. The topological polar surface area (TPSA) is 87.5 Å². The second-order valence-electron chi connectivity index (χ2n) is 9.05. The van der Waals surface area contributed by atoms with Gasteiger partial charge in [0, 0.05) is 48.7 Å². The third kappa shape index (κ3) is 5.00. The molecule has 3 aromatic rings. The van der Waals surface area contributed by atoms with Crippen molar-refractivity contribution in [1.82, 2.24) is 24.9 Å². The zero-order valence-electron chi connectivity index (χ0n) is 19.8. The lowest BCUT2D eigenvalue weighted by molar-refractivity contribution is -0.123. The predicted octanol–water partition coefficient (Wildman–Crippen LogP) is 2.66. The summed E-state index contributed by atoms with van der Waals surface area (Å²) in [6, 6.07) is 14.1. The number of thiophene rings is 1. The molecule has 0 spiro atoms. The van der Waals surface area contributed by atoms with Crippen molar-refractivity contribution in [2.45, 2.75) is 39.3 Å². The van der Waals surface area contributed by atoms with E-state index in [0.29, 0.717) is 49.7 Å². The number of aromatic nitrogens is 2. The van der Waals surface area contributed by atoms with Crippen LogP contribution in [0, 0.1) is 6.92 Å². The number of nitrogens with one attached hydrogen (secondary N) is 1. The fourth-order valence-electron chi connectivity index (χ4n) is 4.77. The number of fused-ring (bicyclic) bond motifs is 1. The molecule has 0 saturated carbocycles. The van der Waals surface area contributed by atoms with E-state index in [4.69, 9.17) is 5.10 Å². The van der Waals surface area contributed by atoms with Crippen LogP contribution in [0.5, 0.6) is 0 Å². The van der Waals surface area contributed by atoms with Crippen LogP contribution in [0.15, 0.2) is 42.5 Å². The van der Waals surface area contributed by atoms with Gasteiger partial charge < -0.3 is 15.1 Å². The number of carbonyl (C=O) groups is 3. The van der Waals surface area contributed by atoms with Gasteiger partial charge >= 0.3 is 0 Å². The van der Waals surface area contributed by atoms with Crippen LogP contribution in [-0.2, 0) is 30.7 Å². The van der Waals surface area contributed by atoms with Crippen LogP contribution in [0.1, 0.15) is 48.3 Å². The van der Waals surface area contributed by atoms with Crippen molar-refractivity contribution in [3.8, 4) is 0 Å². The predicted molar refractivity (Wildman–Crippen MR) is 133 cm³/mol. The number of rotatable bonds is 6. The molecule has 0 unspecified atom stereocenters. The van der Waals surface area contributed by atoms with E-state index >= 15 is 0 Å². The van der Waals surface area contributed by atoms with Crippen molar-refractivity contribution in [2.24, 2.45) is 0 Å². The molecule has 1 N–H and O–H groups in total. The first-order valence-electron chi connectivity index (χ1n) is 12.0. The molecular weight excluding hydrogens is 462 g/mol. The van der Waals surface area contributed by atoms with Gasteiger partial charge in [-0.15, -0.1) is 11.3 Å². The summed E-state index contributed by atoms with van der Waals surface area (Å²) in [5.74, 6) is -0.411. The van der Waals surface area contributed by atoms with Gasteiger partial charge in [-0.2, -0.15) is 5.10 Å². The maximum absolute atomic E-state index is 13.4. The third-order valence-corrected chi connectivity index (χ3v) is 7.57. The molecule has 4 heterocycles. The smallest absolute Gasteiger partial charge is 0.275 e. The van der Waals surface area contributed by atoms with E-state index in [0.717, 1.165) is 29.0 Å². The second-order valence-corrected chi connectivity index (χ2v) is 10.3. The molecular formula is C26H29N5O3S. The Morgan fingerprint density at radius 2 is 1.83 bits per heavy atom.